The van der Waals surface area contributed by atoms with E-state index in [-0.39, 0.29) is 23.7 Å². The van der Waals surface area contributed by atoms with Crippen LogP contribution in [0.25, 0.3) is 11.0 Å². The number of esters is 1. The van der Waals surface area contributed by atoms with Crippen molar-refractivity contribution in [2.75, 3.05) is 5.75 Å². The summed E-state index contributed by atoms with van der Waals surface area (Å²) in [5, 5.41) is 1.09. The number of ether oxygens (including phenoxy) is 1. The van der Waals surface area contributed by atoms with Crippen LogP contribution >= 0.6 is 11.6 Å². The summed E-state index contributed by atoms with van der Waals surface area (Å²) in [7, 11) is -3.58. The number of hydrogen-bond acceptors (Lipinski definition) is 6. The van der Waals surface area contributed by atoms with Gasteiger partial charge in [-0.1, -0.05) is 36.7 Å². The third kappa shape index (κ3) is 5.05. The van der Waals surface area contributed by atoms with Crippen molar-refractivity contribution in [1.82, 2.24) is 0 Å². The molecule has 2 aromatic carbocycles. The summed E-state index contributed by atoms with van der Waals surface area (Å²) in [5.41, 5.74) is 1.07. The van der Waals surface area contributed by atoms with E-state index in [0.29, 0.717) is 28.0 Å². The van der Waals surface area contributed by atoms with Gasteiger partial charge in [0.1, 0.15) is 12.2 Å². The van der Waals surface area contributed by atoms with Crippen LogP contribution in [0.15, 0.2) is 62.6 Å². The summed E-state index contributed by atoms with van der Waals surface area (Å²) in [6, 6.07) is 12.5. The third-order valence-corrected chi connectivity index (χ3v) is 6.53. The molecule has 0 aliphatic carbocycles. The number of carbonyl (C=O) groups excluding carboxylic acids is 1. The highest BCUT2D eigenvalue weighted by Crippen LogP contribution is 2.26. The topological polar surface area (TPSA) is 90.7 Å². The van der Waals surface area contributed by atoms with Crippen LogP contribution in [-0.4, -0.2) is 20.1 Å². The molecule has 0 saturated heterocycles. The number of hydrogen-bond donors (Lipinski definition) is 0. The Hall–Kier alpha value is -2.64. The maximum atomic E-state index is 12.3. The van der Waals surface area contributed by atoms with Gasteiger partial charge in [0.05, 0.1) is 17.1 Å². The molecule has 0 unspecified atom stereocenters. The first-order chi connectivity index (χ1) is 13.8. The Morgan fingerprint density at radius 2 is 1.83 bits per heavy atom. The minimum Gasteiger partial charge on any atom is -0.461 e. The molecule has 0 radical (unpaired) electrons. The van der Waals surface area contributed by atoms with Gasteiger partial charge in [-0.05, 0) is 36.2 Å². The van der Waals surface area contributed by atoms with Crippen molar-refractivity contribution in [3.63, 3.8) is 0 Å². The number of fused-ring (bicyclic) bond motifs is 1. The highest BCUT2D eigenvalue weighted by Gasteiger charge is 2.17. The van der Waals surface area contributed by atoms with E-state index in [9.17, 15) is 18.0 Å². The fraction of sp³-hybridized carbons (Fsp3) is 0.238. The molecule has 0 N–H and O–H groups in total. The van der Waals surface area contributed by atoms with Crippen molar-refractivity contribution in [2.24, 2.45) is 0 Å². The molecule has 1 heterocycles. The lowest BCUT2D eigenvalue weighted by Gasteiger charge is -2.09. The van der Waals surface area contributed by atoms with Crippen LogP contribution in [0.1, 0.15) is 24.5 Å². The molecule has 0 atom stereocenters. The zero-order valence-corrected chi connectivity index (χ0v) is 17.3. The molecule has 0 amide bonds. The first-order valence-electron chi connectivity index (χ1n) is 8.98. The molecule has 1 aromatic heterocycles. The van der Waals surface area contributed by atoms with E-state index in [4.69, 9.17) is 20.8 Å². The van der Waals surface area contributed by atoms with Crippen LogP contribution in [0.2, 0.25) is 5.02 Å². The number of aryl methyl sites for hydroxylation is 1. The van der Waals surface area contributed by atoms with Gasteiger partial charge >= 0.3 is 11.6 Å². The van der Waals surface area contributed by atoms with Crippen molar-refractivity contribution < 1.29 is 22.4 Å². The van der Waals surface area contributed by atoms with Gasteiger partial charge in [0.2, 0.25) is 0 Å². The van der Waals surface area contributed by atoms with Crippen LogP contribution < -0.4 is 5.63 Å². The van der Waals surface area contributed by atoms with Crippen molar-refractivity contribution in [3.8, 4) is 0 Å². The summed E-state index contributed by atoms with van der Waals surface area (Å²) < 4.78 is 34.9. The second kappa shape index (κ2) is 8.80. The van der Waals surface area contributed by atoms with E-state index in [1.54, 1.807) is 30.3 Å². The average Bonchev–Trinajstić information content (AvgIpc) is 2.71. The number of halogens is 1. The van der Waals surface area contributed by atoms with Crippen LogP contribution in [0.4, 0.5) is 0 Å². The van der Waals surface area contributed by atoms with E-state index < -0.39 is 21.4 Å². The Bertz CT molecular complexity index is 1200. The number of benzene rings is 2. The Morgan fingerprint density at radius 1 is 1.10 bits per heavy atom. The van der Waals surface area contributed by atoms with Crippen LogP contribution in [0.5, 0.6) is 0 Å². The molecular weight excluding hydrogens is 416 g/mol. The molecule has 6 nitrogen and oxygen atoms in total. The average molecular weight is 435 g/mol. The second-order valence-electron chi connectivity index (χ2n) is 6.43. The molecule has 0 spiro atoms. The molecule has 152 valence electrons. The minimum absolute atomic E-state index is 0.154. The summed E-state index contributed by atoms with van der Waals surface area (Å²) in [6.45, 7) is 1.74. The number of sulfone groups is 1. The van der Waals surface area contributed by atoms with Gasteiger partial charge in [-0.2, -0.15) is 0 Å². The summed E-state index contributed by atoms with van der Waals surface area (Å²) in [4.78, 5) is 24.1. The standard InChI is InChI=1S/C21H19ClO6S/c1-2-14-10-19-17(12-18(14)22)15(11-21(24)28-19)13-27-20(23)8-9-29(25,26)16-6-4-3-5-7-16/h3-7,10-12H,2,8-9,13H2,1H3. The van der Waals surface area contributed by atoms with Gasteiger partial charge in [0.15, 0.2) is 9.84 Å². The van der Waals surface area contributed by atoms with Crippen LogP contribution in [0.3, 0.4) is 0 Å². The Labute approximate surface area is 173 Å². The molecule has 29 heavy (non-hydrogen) atoms. The third-order valence-electron chi connectivity index (χ3n) is 4.44. The molecule has 8 heteroatoms. The van der Waals surface area contributed by atoms with E-state index in [1.165, 1.54) is 18.2 Å². The smallest absolute Gasteiger partial charge is 0.336 e. The minimum atomic E-state index is -3.58. The highest BCUT2D eigenvalue weighted by atomic mass is 35.5. The summed E-state index contributed by atoms with van der Waals surface area (Å²) >= 11 is 6.24. The van der Waals surface area contributed by atoms with Crippen LogP contribution in [-0.2, 0) is 32.4 Å². The molecule has 0 aliphatic rings. The molecule has 0 bridgehead atoms. The predicted octanol–water partition coefficient (Wildman–Crippen LogP) is 3.92. The van der Waals surface area contributed by atoms with Gasteiger partial charge in [-0.25, -0.2) is 13.2 Å². The van der Waals surface area contributed by atoms with Gasteiger partial charge in [-0.15, -0.1) is 0 Å². The van der Waals surface area contributed by atoms with Gasteiger partial charge < -0.3 is 9.15 Å². The fourth-order valence-corrected chi connectivity index (χ4v) is 4.41. The highest BCUT2D eigenvalue weighted by molar-refractivity contribution is 7.91. The van der Waals surface area contributed by atoms with E-state index in [1.807, 2.05) is 6.92 Å². The summed E-state index contributed by atoms with van der Waals surface area (Å²) in [6.07, 6.45) is 0.380. The lowest BCUT2D eigenvalue weighted by molar-refractivity contribution is -0.144. The molecular formula is C21H19ClO6S. The van der Waals surface area contributed by atoms with Crippen LogP contribution in [0, 0.1) is 0 Å². The Morgan fingerprint density at radius 3 is 2.52 bits per heavy atom. The first-order valence-corrected chi connectivity index (χ1v) is 11.0. The molecule has 0 fully saturated rings. The quantitative estimate of drug-likeness (QED) is 0.413. The Kier molecular flexibility index (Phi) is 6.39. The monoisotopic (exact) mass is 434 g/mol. The normalized spacial score (nSPS) is 11.5. The van der Waals surface area contributed by atoms with Crippen molar-refractivity contribution in [1.29, 1.82) is 0 Å². The van der Waals surface area contributed by atoms with E-state index >= 15 is 0 Å². The maximum absolute atomic E-state index is 12.3. The number of carbonyl (C=O) groups is 1. The van der Waals surface area contributed by atoms with Gasteiger partial charge in [0.25, 0.3) is 0 Å². The lowest BCUT2D eigenvalue weighted by atomic mass is 10.1. The molecule has 3 rings (SSSR count). The molecule has 0 saturated carbocycles. The van der Waals surface area contributed by atoms with Crippen molar-refractivity contribution in [3.05, 3.63) is 75.1 Å². The molecule has 0 aliphatic heterocycles. The van der Waals surface area contributed by atoms with Crippen molar-refractivity contribution >= 4 is 38.4 Å². The molecule has 3 aromatic rings. The van der Waals surface area contributed by atoms with E-state index in [0.717, 1.165) is 5.56 Å². The zero-order valence-electron chi connectivity index (χ0n) is 15.7. The zero-order chi connectivity index (χ0) is 21.0. The van der Waals surface area contributed by atoms with Gasteiger partial charge in [-0.3, -0.25) is 4.79 Å². The number of rotatable bonds is 7. The van der Waals surface area contributed by atoms with Gasteiger partial charge in [0, 0.05) is 22.0 Å². The second-order valence-corrected chi connectivity index (χ2v) is 8.94. The van der Waals surface area contributed by atoms with Crippen molar-refractivity contribution in [2.45, 2.75) is 31.3 Å². The fourth-order valence-electron chi connectivity index (χ4n) is 2.87. The Balaban J connectivity index is 1.71. The van der Waals surface area contributed by atoms with E-state index in [2.05, 4.69) is 0 Å². The predicted molar refractivity (Wildman–Crippen MR) is 110 cm³/mol. The largest absolute Gasteiger partial charge is 0.461 e. The lowest BCUT2D eigenvalue weighted by Crippen LogP contribution is -2.14. The first kappa shape index (κ1) is 21.1. The SMILES string of the molecule is CCc1cc2oc(=O)cc(COC(=O)CCS(=O)(=O)c3ccccc3)c2cc1Cl. The maximum Gasteiger partial charge on any atom is 0.336 e. The summed E-state index contributed by atoms with van der Waals surface area (Å²) in [5.74, 6) is -1.04.